The zero-order valence-corrected chi connectivity index (χ0v) is 17.9. The molecule has 7 nitrogen and oxygen atoms in total. The molecule has 144 valence electrons. The number of H-pyrrole nitrogens is 1. The van der Waals surface area contributed by atoms with Gasteiger partial charge in [-0.1, -0.05) is 0 Å². The van der Waals surface area contributed by atoms with Crippen LogP contribution in [0.5, 0.6) is 11.5 Å². The van der Waals surface area contributed by atoms with E-state index in [0.717, 1.165) is 6.26 Å². The van der Waals surface area contributed by atoms with Crippen molar-refractivity contribution in [2.75, 3.05) is 6.26 Å². The first-order chi connectivity index (χ1) is 12.5. The van der Waals surface area contributed by atoms with Crippen LogP contribution in [0, 0.1) is 0 Å². The number of nitrogens with zero attached hydrogens (tertiary/aromatic N) is 1. The summed E-state index contributed by atoms with van der Waals surface area (Å²) >= 11 is 3.30. The third-order valence-electron chi connectivity index (χ3n) is 3.99. The van der Waals surface area contributed by atoms with Crippen LogP contribution in [0.4, 0.5) is 0 Å². The van der Waals surface area contributed by atoms with Crippen LogP contribution in [-0.2, 0) is 19.7 Å². The molecule has 27 heavy (non-hydrogen) atoms. The molecule has 1 N–H and O–H groups in total. The molecule has 0 aliphatic heterocycles. The van der Waals surface area contributed by atoms with Gasteiger partial charge in [0.05, 0.1) is 15.0 Å². The molecule has 3 rings (SSSR count). The van der Waals surface area contributed by atoms with E-state index in [4.69, 9.17) is 4.74 Å². The predicted molar refractivity (Wildman–Crippen MR) is 106 cm³/mol. The average molecular weight is 473 g/mol. The summed E-state index contributed by atoms with van der Waals surface area (Å²) in [4.78, 5) is 0.287. The van der Waals surface area contributed by atoms with Crippen LogP contribution in [0.2, 0.25) is 0 Å². The Hall–Kier alpha value is -1.91. The maximum atomic E-state index is 12.6. The van der Waals surface area contributed by atoms with E-state index in [1.807, 2.05) is 0 Å². The zero-order valence-electron chi connectivity index (χ0n) is 14.7. The number of halogens is 1. The van der Waals surface area contributed by atoms with Gasteiger partial charge in [0.2, 0.25) is 0 Å². The van der Waals surface area contributed by atoms with Gasteiger partial charge in [0.1, 0.15) is 15.9 Å². The van der Waals surface area contributed by atoms with E-state index >= 15 is 0 Å². The molecule has 0 saturated heterocycles. The van der Waals surface area contributed by atoms with Gasteiger partial charge in [-0.05, 0) is 60.1 Å². The van der Waals surface area contributed by atoms with Gasteiger partial charge in [0.15, 0.2) is 25.4 Å². The number of fused-ring (bicyclic) bond motifs is 1. The van der Waals surface area contributed by atoms with E-state index in [9.17, 15) is 16.8 Å². The summed E-state index contributed by atoms with van der Waals surface area (Å²) in [7, 11) is -6.84. The van der Waals surface area contributed by atoms with Crippen molar-refractivity contribution in [1.82, 2.24) is 10.2 Å². The molecule has 0 bridgehead atoms. The molecule has 0 amide bonds. The Balaban J connectivity index is 2.11. The third-order valence-corrected chi connectivity index (χ3v) is 7.86. The standard InChI is InChI=1S/C17H17BrN2O5S2/c1-10(2)27(23,24)13-8-14-16(19-20-17(14)18)15(9-13)25-11-4-6-12(7-5-11)26(3,21)22/h4-10H,1-3H3,(H,19,20). The van der Waals surface area contributed by atoms with Crippen LogP contribution in [-0.4, -0.2) is 38.5 Å². The van der Waals surface area contributed by atoms with Crippen molar-refractivity contribution < 1.29 is 21.6 Å². The van der Waals surface area contributed by atoms with Crippen molar-refractivity contribution in [3.63, 3.8) is 0 Å². The normalized spacial score (nSPS) is 12.6. The number of aromatic amines is 1. The summed E-state index contributed by atoms with van der Waals surface area (Å²) in [5.74, 6) is 0.644. The second-order valence-corrected chi connectivity index (χ2v) is 11.6. The molecule has 2 aromatic carbocycles. The average Bonchev–Trinajstić information content (AvgIpc) is 2.96. The summed E-state index contributed by atoms with van der Waals surface area (Å²) in [5.41, 5.74) is 0.525. The van der Waals surface area contributed by atoms with E-state index in [-0.39, 0.29) is 15.5 Å². The van der Waals surface area contributed by atoms with E-state index in [0.29, 0.717) is 21.3 Å². The van der Waals surface area contributed by atoms with Crippen molar-refractivity contribution in [2.24, 2.45) is 0 Å². The van der Waals surface area contributed by atoms with E-state index in [1.54, 1.807) is 13.8 Å². The maximum Gasteiger partial charge on any atom is 0.180 e. The van der Waals surface area contributed by atoms with Crippen molar-refractivity contribution >= 4 is 46.5 Å². The highest BCUT2D eigenvalue weighted by Crippen LogP contribution is 2.36. The smallest absolute Gasteiger partial charge is 0.180 e. The first-order valence-electron chi connectivity index (χ1n) is 7.89. The van der Waals surface area contributed by atoms with Gasteiger partial charge in [-0.25, -0.2) is 16.8 Å². The van der Waals surface area contributed by atoms with Gasteiger partial charge in [0, 0.05) is 17.7 Å². The molecule has 0 atom stereocenters. The Morgan fingerprint density at radius 3 is 2.22 bits per heavy atom. The number of aromatic nitrogens is 2. The summed E-state index contributed by atoms with van der Waals surface area (Å²) in [5, 5.41) is 6.83. The van der Waals surface area contributed by atoms with E-state index < -0.39 is 24.9 Å². The van der Waals surface area contributed by atoms with Crippen molar-refractivity contribution in [1.29, 1.82) is 0 Å². The van der Waals surface area contributed by atoms with E-state index in [1.165, 1.54) is 36.4 Å². The van der Waals surface area contributed by atoms with Gasteiger partial charge < -0.3 is 4.74 Å². The fourth-order valence-corrected chi connectivity index (χ4v) is 4.56. The maximum absolute atomic E-state index is 12.6. The third kappa shape index (κ3) is 3.87. The lowest BCUT2D eigenvalue weighted by Gasteiger charge is -2.12. The molecule has 10 heteroatoms. The minimum Gasteiger partial charge on any atom is -0.455 e. The Labute approximate surface area is 165 Å². The highest BCUT2D eigenvalue weighted by molar-refractivity contribution is 9.10. The SMILES string of the molecule is CC(C)S(=O)(=O)c1cc(Oc2ccc(S(C)(=O)=O)cc2)c2[nH]nc(Br)c2c1. The lowest BCUT2D eigenvalue weighted by molar-refractivity contribution is 0.484. The van der Waals surface area contributed by atoms with Crippen LogP contribution < -0.4 is 4.74 Å². The van der Waals surface area contributed by atoms with Crippen molar-refractivity contribution in [3.8, 4) is 11.5 Å². The molecular formula is C17H17BrN2O5S2. The summed E-state index contributed by atoms with van der Waals surface area (Å²) in [6, 6.07) is 8.86. The minimum absolute atomic E-state index is 0.120. The topological polar surface area (TPSA) is 106 Å². The fourth-order valence-electron chi connectivity index (χ4n) is 2.43. The number of benzene rings is 2. The van der Waals surface area contributed by atoms with Crippen LogP contribution in [0.25, 0.3) is 10.9 Å². The van der Waals surface area contributed by atoms with Gasteiger partial charge in [0.25, 0.3) is 0 Å². The van der Waals surface area contributed by atoms with Gasteiger partial charge in [-0.2, -0.15) is 5.10 Å². The second-order valence-electron chi connectivity index (χ2n) is 6.30. The minimum atomic E-state index is -3.53. The van der Waals surface area contributed by atoms with E-state index in [2.05, 4.69) is 26.1 Å². The first kappa shape index (κ1) is 19.8. The molecule has 3 aromatic rings. The molecule has 0 spiro atoms. The number of hydrogen-bond acceptors (Lipinski definition) is 6. The van der Waals surface area contributed by atoms with Crippen molar-refractivity contribution in [3.05, 3.63) is 41.0 Å². The van der Waals surface area contributed by atoms with Crippen LogP contribution in [0.15, 0.2) is 50.8 Å². The Morgan fingerprint density at radius 2 is 1.67 bits per heavy atom. The molecule has 0 aliphatic carbocycles. The lowest BCUT2D eigenvalue weighted by atomic mass is 10.2. The highest BCUT2D eigenvalue weighted by atomic mass is 79.9. The van der Waals surface area contributed by atoms with Crippen LogP contribution in [0.3, 0.4) is 0 Å². The quantitative estimate of drug-likeness (QED) is 0.606. The first-order valence-corrected chi connectivity index (χ1v) is 12.1. The molecule has 0 aliphatic rings. The molecular weight excluding hydrogens is 456 g/mol. The number of rotatable bonds is 5. The van der Waals surface area contributed by atoms with Gasteiger partial charge in [-0.3, -0.25) is 5.10 Å². The molecule has 0 unspecified atom stereocenters. The number of hydrogen-bond donors (Lipinski definition) is 1. The Kier molecular flexibility index (Phi) is 5.08. The molecule has 0 radical (unpaired) electrons. The molecule has 1 heterocycles. The monoisotopic (exact) mass is 472 g/mol. The second kappa shape index (κ2) is 6.92. The number of sulfone groups is 2. The summed E-state index contributed by atoms with van der Waals surface area (Å²) in [6.45, 7) is 3.21. The number of ether oxygens (including phenoxy) is 1. The zero-order chi connectivity index (χ0) is 20.0. The van der Waals surface area contributed by atoms with Crippen molar-refractivity contribution in [2.45, 2.75) is 28.9 Å². The summed E-state index contributed by atoms with van der Waals surface area (Å²) < 4.78 is 54.7. The van der Waals surface area contributed by atoms with Gasteiger partial charge in [-0.15, -0.1) is 0 Å². The fraction of sp³-hybridized carbons (Fsp3) is 0.235. The Bertz CT molecular complexity index is 1210. The van der Waals surface area contributed by atoms with Gasteiger partial charge >= 0.3 is 0 Å². The largest absolute Gasteiger partial charge is 0.455 e. The molecule has 0 saturated carbocycles. The highest BCUT2D eigenvalue weighted by Gasteiger charge is 2.23. The molecule has 0 fully saturated rings. The van der Waals surface area contributed by atoms with Crippen LogP contribution >= 0.6 is 15.9 Å². The number of nitrogens with one attached hydrogen (secondary N) is 1. The summed E-state index contributed by atoms with van der Waals surface area (Å²) in [6.07, 6.45) is 1.12. The Morgan fingerprint density at radius 1 is 1.04 bits per heavy atom. The van der Waals surface area contributed by atoms with Crippen LogP contribution in [0.1, 0.15) is 13.8 Å². The molecule has 1 aromatic heterocycles. The lowest BCUT2D eigenvalue weighted by Crippen LogP contribution is -2.14. The predicted octanol–water partition coefficient (Wildman–Crippen LogP) is 3.70.